The molecule has 0 saturated carbocycles. The highest BCUT2D eigenvalue weighted by Gasteiger charge is 2.22. The molecule has 6 nitrogen and oxygen atoms in total. The van der Waals surface area contributed by atoms with Crippen LogP contribution in [0.5, 0.6) is 5.75 Å². The van der Waals surface area contributed by atoms with E-state index in [4.69, 9.17) is 14.2 Å². The molecule has 1 rings (SSSR count). The molecule has 0 aliphatic carbocycles. The summed E-state index contributed by atoms with van der Waals surface area (Å²) in [6.07, 6.45) is -0.637. The van der Waals surface area contributed by atoms with E-state index in [1.165, 1.54) is 0 Å². The second-order valence-corrected chi connectivity index (χ2v) is 4.50. The Bertz CT molecular complexity index is 465. The average Bonchev–Trinajstić information content (AvgIpc) is 2.37. The fourth-order valence-electron chi connectivity index (χ4n) is 1.49. The second kappa shape index (κ2) is 8.13. The molecule has 0 bridgehead atoms. The summed E-state index contributed by atoms with van der Waals surface area (Å²) in [5.41, 5.74) is -0.455. The van der Waals surface area contributed by atoms with Gasteiger partial charge >= 0.3 is 5.69 Å². The minimum atomic E-state index is -0.720. The van der Waals surface area contributed by atoms with Crippen molar-refractivity contribution in [2.24, 2.45) is 0 Å². The molecule has 0 aromatic heterocycles. The van der Waals surface area contributed by atoms with Crippen LogP contribution in [0.4, 0.5) is 10.1 Å². The summed E-state index contributed by atoms with van der Waals surface area (Å²) in [5.74, 6) is -0.775. The third kappa shape index (κ3) is 4.69. The maximum atomic E-state index is 13.2. The maximum Gasteiger partial charge on any atom is 0.315 e. The molecule has 0 fully saturated rings. The molecular formula is C12H15BrFNO5. The van der Waals surface area contributed by atoms with Gasteiger partial charge < -0.3 is 14.2 Å². The van der Waals surface area contributed by atoms with Crippen LogP contribution < -0.4 is 4.74 Å². The third-order valence-electron chi connectivity index (χ3n) is 2.25. The number of hydrogen-bond donors (Lipinski definition) is 0. The van der Waals surface area contributed by atoms with E-state index in [2.05, 4.69) is 15.9 Å². The van der Waals surface area contributed by atoms with Gasteiger partial charge in [-0.3, -0.25) is 10.1 Å². The number of ether oxygens (including phenoxy) is 3. The molecule has 0 heterocycles. The Morgan fingerprint density at radius 1 is 1.35 bits per heavy atom. The summed E-state index contributed by atoms with van der Waals surface area (Å²) in [5, 5.41) is 10.9. The molecule has 112 valence electrons. The van der Waals surface area contributed by atoms with Gasteiger partial charge in [0.1, 0.15) is 12.4 Å². The van der Waals surface area contributed by atoms with Gasteiger partial charge in [-0.1, -0.05) is 0 Å². The molecule has 0 radical (unpaired) electrons. The first-order valence-electron chi connectivity index (χ1n) is 5.99. The summed E-state index contributed by atoms with van der Waals surface area (Å²) in [6.45, 7) is 4.39. The van der Waals surface area contributed by atoms with Crippen LogP contribution in [0, 0.1) is 15.9 Å². The molecule has 0 amide bonds. The van der Waals surface area contributed by atoms with Crippen molar-refractivity contribution in [3.8, 4) is 5.75 Å². The average molecular weight is 352 g/mol. The lowest BCUT2D eigenvalue weighted by Crippen LogP contribution is -2.25. The number of rotatable bonds is 8. The topological polar surface area (TPSA) is 70.8 Å². The second-order valence-electron chi connectivity index (χ2n) is 3.64. The molecule has 0 aliphatic rings. The molecule has 1 aromatic carbocycles. The SMILES string of the molecule is CCOC(COc1c(Br)cc(F)cc1[N+](=O)[O-])OCC. The molecule has 0 atom stereocenters. The number of benzene rings is 1. The minimum Gasteiger partial charge on any atom is -0.481 e. The van der Waals surface area contributed by atoms with E-state index in [-0.39, 0.29) is 16.8 Å². The van der Waals surface area contributed by atoms with Crippen molar-refractivity contribution in [2.45, 2.75) is 20.1 Å². The number of nitrogens with zero attached hydrogens (tertiary/aromatic N) is 1. The minimum absolute atomic E-state index is 0.0350. The highest BCUT2D eigenvalue weighted by atomic mass is 79.9. The predicted octanol–water partition coefficient (Wildman–Crippen LogP) is 3.27. The number of nitro benzene ring substituents is 1. The third-order valence-corrected chi connectivity index (χ3v) is 2.84. The summed E-state index contributed by atoms with van der Waals surface area (Å²) < 4.78 is 29.2. The van der Waals surface area contributed by atoms with E-state index in [0.29, 0.717) is 13.2 Å². The summed E-state index contributed by atoms with van der Waals surface area (Å²) in [4.78, 5) is 10.2. The Labute approximate surface area is 124 Å². The van der Waals surface area contributed by atoms with Crippen molar-refractivity contribution < 1.29 is 23.5 Å². The van der Waals surface area contributed by atoms with E-state index in [1.807, 2.05) is 0 Å². The van der Waals surface area contributed by atoms with E-state index in [9.17, 15) is 14.5 Å². The smallest absolute Gasteiger partial charge is 0.315 e. The zero-order chi connectivity index (χ0) is 15.1. The molecule has 0 unspecified atom stereocenters. The fourth-order valence-corrected chi connectivity index (χ4v) is 2.03. The quantitative estimate of drug-likeness (QED) is 0.408. The van der Waals surface area contributed by atoms with Crippen molar-refractivity contribution in [1.82, 2.24) is 0 Å². The van der Waals surface area contributed by atoms with E-state index in [1.54, 1.807) is 13.8 Å². The summed E-state index contributed by atoms with van der Waals surface area (Å²) >= 11 is 3.04. The molecule has 0 N–H and O–H groups in total. The van der Waals surface area contributed by atoms with Crippen molar-refractivity contribution in [3.63, 3.8) is 0 Å². The molecule has 0 spiro atoms. The highest BCUT2D eigenvalue weighted by molar-refractivity contribution is 9.10. The van der Waals surface area contributed by atoms with E-state index < -0.39 is 22.7 Å². The van der Waals surface area contributed by atoms with Crippen LogP contribution in [0.2, 0.25) is 0 Å². The van der Waals surface area contributed by atoms with Crippen LogP contribution in [0.1, 0.15) is 13.8 Å². The molecule has 0 aliphatic heterocycles. The number of hydrogen-bond acceptors (Lipinski definition) is 5. The number of halogens is 2. The first-order chi connectivity index (χ1) is 9.49. The predicted molar refractivity (Wildman–Crippen MR) is 73.3 cm³/mol. The van der Waals surface area contributed by atoms with Gasteiger partial charge in [0.25, 0.3) is 0 Å². The first kappa shape index (κ1) is 16.8. The maximum absolute atomic E-state index is 13.2. The van der Waals surface area contributed by atoms with Gasteiger partial charge in [-0.05, 0) is 35.8 Å². The van der Waals surface area contributed by atoms with Gasteiger partial charge in [0.15, 0.2) is 6.29 Å². The van der Waals surface area contributed by atoms with Gasteiger partial charge in [-0.15, -0.1) is 0 Å². The number of nitro groups is 1. The molecule has 20 heavy (non-hydrogen) atoms. The van der Waals surface area contributed by atoms with Gasteiger partial charge in [-0.25, -0.2) is 4.39 Å². The zero-order valence-electron chi connectivity index (χ0n) is 11.1. The van der Waals surface area contributed by atoms with Gasteiger partial charge in [-0.2, -0.15) is 0 Å². The van der Waals surface area contributed by atoms with Crippen LogP contribution in [0.15, 0.2) is 16.6 Å². The van der Waals surface area contributed by atoms with Crippen LogP contribution in [0.25, 0.3) is 0 Å². The van der Waals surface area contributed by atoms with E-state index >= 15 is 0 Å². The normalized spacial score (nSPS) is 10.8. The molecule has 8 heteroatoms. The Balaban J connectivity index is 2.88. The van der Waals surface area contributed by atoms with Crippen LogP contribution >= 0.6 is 15.9 Å². The van der Waals surface area contributed by atoms with Gasteiger partial charge in [0.05, 0.1) is 15.5 Å². The van der Waals surface area contributed by atoms with Crippen molar-refractivity contribution >= 4 is 21.6 Å². The lowest BCUT2D eigenvalue weighted by atomic mass is 10.3. The summed E-state index contributed by atoms with van der Waals surface area (Å²) in [6, 6.07) is 1.90. The van der Waals surface area contributed by atoms with Crippen molar-refractivity contribution in [2.75, 3.05) is 19.8 Å². The van der Waals surface area contributed by atoms with Crippen molar-refractivity contribution in [1.29, 1.82) is 0 Å². The van der Waals surface area contributed by atoms with Crippen molar-refractivity contribution in [3.05, 3.63) is 32.5 Å². The molecule has 1 aromatic rings. The highest BCUT2D eigenvalue weighted by Crippen LogP contribution is 2.36. The Hall–Kier alpha value is -1.25. The Morgan fingerprint density at radius 3 is 2.45 bits per heavy atom. The first-order valence-corrected chi connectivity index (χ1v) is 6.78. The largest absolute Gasteiger partial charge is 0.481 e. The Morgan fingerprint density at radius 2 is 1.95 bits per heavy atom. The van der Waals surface area contributed by atoms with E-state index in [0.717, 1.165) is 12.1 Å². The van der Waals surface area contributed by atoms with Gasteiger partial charge in [0.2, 0.25) is 5.75 Å². The van der Waals surface area contributed by atoms with Crippen LogP contribution in [0.3, 0.4) is 0 Å². The lowest BCUT2D eigenvalue weighted by Gasteiger charge is -2.17. The van der Waals surface area contributed by atoms with Crippen LogP contribution in [-0.2, 0) is 9.47 Å². The van der Waals surface area contributed by atoms with Crippen LogP contribution in [-0.4, -0.2) is 31.0 Å². The lowest BCUT2D eigenvalue weighted by molar-refractivity contribution is -0.386. The summed E-state index contributed by atoms with van der Waals surface area (Å²) in [7, 11) is 0. The molecule has 0 saturated heterocycles. The standard InChI is InChI=1S/C12H15BrFNO5/c1-3-18-11(19-4-2)7-20-12-9(13)5-8(14)6-10(12)15(16)17/h5-6,11H,3-4,7H2,1-2H3. The monoisotopic (exact) mass is 351 g/mol. The zero-order valence-corrected chi connectivity index (χ0v) is 12.7. The van der Waals surface area contributed by atoms with Gasteiger partial charge in [0, 0.05) is 13.2 Å². The Kier molecular flexibility index (Phi) is 6.83. The fraction of sp³-hybridized carbons (Fsp3) is 0.500. The molecular weight excluding hydrogens is 337 g/mol.